The van der Waals surface area contributed by atoms with Crippen LogP contribution in [0, 0.1) is 0 Å². The van der Waals surface area contributed by atoms with Crippen molar-refractivity contribution in [1.29, 1.82) is 0 Å². The number of unbranched alkanes of at least 4 members (excludes halogenated alkanes) is 28. The summed E-state index contributed by atoms with van der Waals surface area (Å²) in [7, 11) is -1.44. The monoisotopic (exact) mass is 641 g/mol. The Kier molecular flexibility index (Phi) is 36.6. The fourth-order valence-corrected chi connectivity index (χ4v) is 12.8. The van der Waals surface area contributed by atoms with Crippen molar-refractivity contribution in [3.63, 3.8) is 0 Å². The van der Waals surface area contributed by atoms with Gasteiger partial charge in [0, 0.05) is 0 Å². The molecule has 0 amide bonds. The van der Waals surface area contributed by atoms with Gasteiger partial charge in [-0.3, -0.25) is 0 Å². The van der Waals surface area contributed by atoms with Gasteiger partial charge in [-0.25, -0.2) is 0 Å². The first-order valence-corrected chi connectivity index (χ1v) is 24.0. The second kappa shape index (κ2) is 36.2. The van der Waals surface area contributed by atoms with Crippen molar-refractivity contribution >= 4 is 7.26 Å². The molecule has 44 heavy (non-hydrogen) atoms. The van der Waals surface area contributed by atoms with Crippen molar-refractivity contribution in [2.75, 3.05) is 25.1 Å². The molecule has 0 aliphatic rings. The van der Waals surface area contributed by atoms with E-state index in [1.807, 2.05) is 0 Å². The summed E-state index contributed by atoms with van der Waals surface area (Å²) >= 11 is 0. The van der Waals surface area contributed by atoms with Gasteiger partial charge in [0.2, 0.25) is 0 Å². The van der Waals surface area contributed by atoms with E-state index in [0.717, 1.165) is 6.61 Å². The molecule has 0 saturated carbocycles. The molecule has 0 radical (unpaired) electrons. The zero-order valence-corrected chi connectivity index (χ0v) is 32.9. The molecule has 1 unspecified atom stereocenters. The molecular formula is C42H89OP. The van der Waals surface area contributed by atoms with E-state index in [1.165, 1.54) is 205 Å². The van der Waals surface area contributed by atoms with Gasteiger partial charge in [0.25, 0.3) is 0 Å². The molecule has 0 saturated heterocycles. The van der Waals surface area contributed by atoms with E-state index in [1.54, 1.807) is 18.5 Å². The number of hydrogen-bond acceptors (Lipinski definition) is 1. The molecule has 0 aromatic heterocycles. The Bertz CT molecular complexity index is 460. The molecule has 0 heterocycles. The van der Waals surface area contributed by atoms with E-state index < -0.39 is 7.26 Å². The van der Waals surface area contributed by atoms with Gasteiger partial charge < -0.3 is 0 Å². The summed E-state index contributed by atoms with van der Waals surface area (Å²) in [5.74, 6) is 0.560. The summed E-state index contributed by atoms with van der Waals surface area (Å²) in [6.45, 7) is 12.8. The van der Waals surface area contributed by atoms with Crippen molar-refractivity contribution in [1.82, 2.24) is 0 Å². The second-order valence-electron chi connectivity index (χ2n) is 15.0. The molecule has 268 valence electrons. The first-order chi connectivity index (χ1) is 21.7. The van der Waals surface area contributed by atoms with Crippen molar-refractivity contribution in [3.05, 3.63) is 0 Å². The van der Waals surface area contributed by atoms with Crippen LogP contribution in [0.25, 0.3) is 0 Å². The third-order valence-corrected chi connectivity index (χ3v) is 16.8. The van der Waals surface area contributed by atoms with Crippen LogP contribution in [0.5, 0.6) is 0 Å². The summed E-state index contributed by atoms with van der Waals surface area (Å²) in [5.41, 5.74) is 0. The van der Waals surface area contributed by atoms with Crippen LogP contribution in [0.1, 0.15) is 240 Å². The van der Waals surface area contributed by atoms with Gasteiger partial charge in [-0.15, -0.1) is 0 Å². The van der Waals surface area contributed by atoms with Crippen molar-refractivity contribution in [3.8, 4) is 0 Å². The minimum absolute atomic E-state index is 0.560. The van der Waals surface area contributed by atoms with E-state index in [9.17, 15) is 0 Å². The van der Waals surface area contributed by atoms with E-state index >= 15 is 0 Å². The standard InChI is InChI=1S/C42H89OP/c1-6-10-14-17-20-23-26-29-32-35-39-44(42(5)43-38-13-9-4,40-36-33-30-27-24-21-18-15-11-7-2)41-37-34-31-28-25-22-19-16-12-8-3/h42,44H,6-41H2,1-5H3. The van der Waals surface area contributed by atoms with Gasteiger partial charge in [-0.2, -0.15) is 0 Å². The summed E-state index contributed by atoms with van der Waals surface area (Å²) < 4.78 is 6.74. The van der Waals surface area contributed by atoms with Gasteiger partial charge in [0.05, 0.1) is 0 Å². The molecule has 1 atom stereocenters. The minimum atomic E-state index is -1.44. The molecule has 0 aromatic rings. The van der Waals surface area contributed by atoms with Crippen LogP contribution in [0.15, 0.2) is 0 Å². The zero-order valence-electron chi connectivity index (χ0n) is 31.9. The predicted octanol–water partition coefficient (Wildman–Crippen LogP) is 15.7. The number of ether oxygens (including phenoxy) is 1. The maximum absolute atomic E-state index is 6.74. The topological polar surface area (TPSA) is 9.23 Å². The molecule has 0 spiro atoms. The third-order valence-electron chi connectivity index (χ3n) is 10.8. The summed E-state index contributed by atoms with van der Waals surface area (Å²) in [6.07, 6.45) is 50.8. The number of rotatable bonds is 38. The quantitative estimate of drug-likeness (QED) is 0.0482. The molecule has 1 nitrogen and oxygen atoms in total. The Hall–Kier alpha value is 0.390. The van der Waals surface area contributed by atoms with Crippen LogP contribution in [0.3, 0.4) is 0 Å². The van der Waals surface area contributed by atoms with Crippen LogP contribution in [-0.2, 0) is 4.74 Å². The molecule has 0 fully saturated rings. The molecule has 0 aromatic carbocycles. The van der Waals surface area contributed by atoms with Gasteiger partial charge >= 0.3 is 283 Å². The van der Waals surface area contributed by atoms with Crippen LogP contribution in [0.2, 0.25) is 0 Å². The number of hydrogen-bond donors (Lipinski definition) is 0. The molecule has 0 N–H and O–H groups in total. The van der Waals surface area contributed by atoms with Crippen LogP contribution in [-0.4, -0.2) is 30.9 Å². The predicted molar refractivity (Wildman–Crippen MR) is 209 cm³/mol. The van der Waals surface area contributed by atoms with Gasteiger partial charge in [-0.05, 0) is 0 Å². The molecule has 0 aliphatic carbocycles. The molecule has 0 rings (SSSR count). The molecule has 0 bridgehead atoms. The summed E-state index contributed by atoms with van der Waals surface area (Å²) in [4.78, 5) is 0. The van der Waals surface area contributed by atoms with E-state index in [-0.39, 0.29) is 0 Å². The second-order valence-corrected chi connectivity index (χ2v) is 20.1. The summed E-state index contributed by atoms with van der Waals surface area (Å²) in [6, 6.07) is 0. The van der Waals surface area contributed by atoms with Gasteiger partial charge in [0.1, 0.15) is 0 Å². The van der Waals surface area contributed by atoms with Crippen LogP contribution < -0.4 is 0 Å². The molecule has 0 aliphatic heterocycles. The Morgan fingerprint density at radius 1 is 0.318 bits per heavy atom. The Morgan fingerprint density at radius 3 is 0.795 bits per heavy atom. The van der Waals surface area contributed by atoms with Gasteiger partial charge in [-0.1, -0.05) is 0 Å². The third kappa shape index (κ3) is 28.6. The maximum atomic E-state index is 6.74. The normalized spacial score (nSPS) is 13.1. The fourth-order valence-electron chi connectivity index (χ4n) is 7.46. The van der Waals surface area contributed by atoms with E-state index in [2.05, 4.69) is 34.6 Å². The Balaban J connectivity index is 4.83. The zero-order chi connectivity index (χ0) is 32.2. The van der Waals surface area contributed by atoms with Crippen molar-refractivity contribution in [2.24, 2.45) is 0 Å². The van der Waals surface area contributed by atoms with E-state index in [4.69, 9.17) is 4.74 Å². The van der Waals surface area contributed by atoms with Gasteiger partial charge in [0.15, 0.2) is 0 Å². The van der Waals surface area contributed by atoms with Crippen LogP contribution >= 0.6 is 7.26 Å². The SMILES string of the molecule is CCCCCCCCCCCC[PH](CCCCCCCCCCCC)(CCCCCCCCCCCC)C(C)OCCCC. The van der Waals surface area contributed by atoms with Crippen LogP contribution in [0.4, 0.5) is 0 Å². The van der Waals surface area contributed by atoms with E-state index in [0.29, 0.717) is 5.85 Å². The summed E-state index contributed by atoms with van der Waals surface area (Å²) in [5, 5.41) is 0. The molecule has 2 heteroatoms. The van der Waals surface area contributed by atoms with Crippen molar-refractivity contribution in [2.45, 2.75) is 246 Å². The average Bonchev–Trinajstić information content (AvgIpc) is 3.03. The Morgan fingerprint density at radius 2 is 0.545 bits per heavy atom. The fraction of sp³-hybridized carbons (Fsp3) is 1.00. The first kappa shape index (κ1) is 44.4. The Labute approximate surface area is 282 Å². The average molecular weight is 641 g/mol. The van der Waals surface area contributed by atoms with Crippen molar-refractivity contribution < 1.29 is 4.74 Å². The molecular weight excluding hydrogens is 551 g/mol. The first-order valence-electron chi connectivity index (χ1n) is 21.3.